The number of imidazole rings is 1. The number of fused-ring (bicyclic) bond motifs is 4. The maximum atomic E-state index is 13.3. The summed E-state index contributed by atoms with van der Waals surface area (Å²) < 4.78 is 9.68. The molecule has 2 atom stereocenters. The molecule has 2 aromatic heterocycles. The summed E-state index contributed by atoms with van der Waals surface area (Å²) in [5, 5.41) is 0. The summed E-state index contributed by atoms with van der Waals surface area (Å²) >= 11 is 0. The summed E-state index contributed by atoms with van der Waals surface area (Å²) in [7, 11) is 4.06. The summed E-state index contributed by atoms with van der Waals surface area (Å²) in [6.45, 7) is 6.23. The highest BCUT2D eigenvalue weighted by Gasteiger charge is 2.37. The van der Waals surface area contributed by atoms with Crippen molar-refractivity contribution in [3.8, 4) is 0 Å². The maximum absolute atomic E-state index is 13.3. The standard InChI is InChI=1S/C23H33N5O2/c1-25(16-22-24-7-8-26(22)2)14-18-3-4-21-19-11-17(13-28(21)23(18)29)12-27(15-19)20-5-9-30-10-6-20/h3-4,7-8,17,19-20H,5-6,9-16H2,1-2H3/t17-,19+/m0/s1. The van der Waals surface area contributed by atoms with Gasteiger partial charge in [0.25, 0.3) is 5.56 Å². The molecule has 0 saturated carbocycles. The third kappa shape index (κ3) is 3.86. The van der Waals surface area contributed by atoms with Crippen LogP contribution in [-0.2, 0) is 31.4 Å². The predicted molar refractivity (Wildman–Crippen MR) is 115 cm³/mol. The van der Waals surface area contributed by atoms with Gasteiger partial charge < -0.3 is 13.9 Å². The number of likely N-dealkylation sites (tertiary alicyclic amines) is 1. The van der Waals surface area contributed by atoms with Gasteiger partial charge in [0.05, 0.1) is 6.54 Å². The van der Waals surface area contributed by atoms with E-state index in [1.807, 2.05) is 24.0 Å². The number of ether oxygens (including phenoxy) is 1. The van der Waals surface area contributed by atoms with Crippen molar-refractivity contribution < 1.29 is 4.74 Å². The maximum Gasteiger partial charge on any atom is 0.255 e. The molecule has 5 heterocycles. The summed E-state index contributed by atoms with van der Waals surface area (Å²) in [4.78, 5) is 22.6. The van der Waals surface area contributed by atoms with Crippen LogP contribution in [0.2, 0.25) is 0 Å². The van der Waals surface area contributed by atoms with Gasteiger partial charge >= 0.3 is 0 Å². The van der Waals surface area contributed by atoms with Gasteiger partial charge in [0.15, 0.2) is 0 Å². The van der Waals surface area contributed by atoms with Gasteiger partial charge in [-0.2, -0.15) is 0 Å². The highest BCUT2D eigenvalue weighted by Crippen LogP contribution is 2.37. The van der Waals surface area contributed by atoms with Crippen molar-refractivity contribution in [2.45, 2.75) is 50.9 Å². The minimum absolute atomic E-state index is 0.202. The van der Waals surface area contributed by atoms with E-state index in [0.717, 1.165) is 63.6 Å². The molecule has 0 spiro atoms. The molecule has 0 N–H and O–H groups in total. The molecule has 0 unspecified atom stereocenters. The molecule has 30 heavy (non-hydrogen) atoms. The van der Waals surface area contributed by atoms with Crippen molar-refractivity contribution >= 4 is 0 Å². The molecule has 7 nitrogen and oxygen atoms in total. The molecule has 0 aromatic carbocycles. The molecule has 0 radical (unpaired) electrons. The predicted octanol–water partition coefficient (Wildman–Crippen LogP) is 1.81. The Balaban J connectivity index is 1.32. The Morgan fingerprint density at radius 2 is 2.00 bits per heavy atom. The smallest absolute Gasteiger partial charge is 0.255 e. The summed E-state index contributed by atoms with van der Waals surface area (Å²) in [5.41, 5.74) is 2.33. The minimum Gasteiger partial charge on any atom is -0.381 e. The number of pyridine rings is 1. The Labute approximate surface area is 178 Å². The molecule has 3 aliphatic rings. The Morgan fingerprint density at radius 1 is 1.17 bits per heavy atom. The summed E-state index contributed by atoms with van der Waals surface area (Å²) in [5.74, 6) is 2.07. The first kappa shape index (κ1) is 20.0. The fraction of sp³-hybridized carbons (Fsp3) is 0.652. The van der Waals surface area contributed by atoms with Gasteiger partial charge in [0, 0.05) is 82.1 Å². The van der Waals surface area contributed by atoms with Crippen molar-refractivity contribution in [1.29, 1.82) is 0 Å². The zero-order chi connectivity index (χ0) is 20.7. The summed E-state index contributed by atoms with van der Waals surface area (Å²) in [6, 6.07) is 4.94. The van der Waals surface area contributed by atoms with Gasteiger partial charge in [-0.15, -0.1) is 0 Å². The fourth-order valence-electron chi connectivity index (χ4n) is 5.63. The van der Waals surface area contributed by atoms with Crippen LogP contribution in [0.1, 0.15) is 42.3 Å². The normalized spacial score (nSPS) is 24.9. The largest absolute Gasteiger partial charge is 0.381 e. The molecule has 2 saturated heterocycles. The molecule has 162 valence electrons. The van der Waals surface area contributed by atoms with Gasteiger partial charge in [0.1, 0.15) is 5.82 Å². The zero-order valence-corrected chi connectivity index (χ0v) is 18.2. The first-order valence-electron chi connectivity index (χ1n) is 11.3. The fourth-order valence-corrected chi connectivity index (χ4v) is 5.63. The van der Waals surface area contributed by atoms with E-state index in [0.29, 0.717) is 24.4 Å². The van der Waals surface area contributed by atoms with Crippen LogP contribution in [0.5, 0.6) is 0 Å². The second-order valence-corrected chi connectivity index (χ2v) is 9.42. The van der Waals surface area contributed by atoms with Crippen molar-refractivity contribution in [3.63, 3.8) is 0 Å². The highest BCUT2D eigenvalue weighted by atomic mass is 16.5. The number of hydrogen-bond acceptors (Lipinski definition) is 5. The van der Waals surface area contributed by atoms with Crippen LogP contribution < -0.4 is 5.56 Å². The number of rotatable bonds is 5. The second-order valence-electron chi connectivity index (χ2n) is 9.42. The minimum atomic E-state index is 0.202. The number of hydrogen-bond donors (Lipinski definition) is 0. The monoisotopic (exact) mass is 411 g/mol. The van der Waals surface area contributed by atoms with Gasteiger partial charge in [-0.3, -0.25) is 14.6 Å². The van der Waals surface area contributed by atoms with Gasteiger partial charge in [0.2, 0.25) is 0 Å². The van der Waals surface area contributed by atoms with Crippen LogP contribution in [0.25, 0.3) is 0 Å². The van der Waals surface area contributed by atoms with Gasteiger partial charge in [-0.05, 0) is 38.3 Å². The number of aryl methyl sites for hydroxylation is 1. The lowest BCUT2D eigenvalue weighted by Crippen LogP contribution is -2.52. The van der Waals surface area contributed by atoms with Crippen molar-refractivity contribution in [2.24, 2.45) is 13.0 Å². The van der Waals surface area contributed by atoms with Crippen LogP contribution in [0.3, 0.4) is 0 Å². The third-order valence-electron chi connectivity index (χ3n) is 7.19. The summed E-state index contributed by atoms with van der Waals surface area (Å²) in [6.07, 6.45) is 7.29. The molecule has 5 rings (SSSR count). The molecule has 0 aliphatic carbocycles. The van der Waals surface area contributed by atoms with E-state index in [1.54, 1.807) is 0 Å². The van der Waals surface area contributed by atoms with E-state index in [9.17, 15) is 4.79 Å². The SMILES string of the molecule is CN(Cc1ccc2n(c1=O)C[C@H]1C[C@@H]2CN(C2CCOCC2)C1)Cc1nccn1C. The molecule has 2 bridgehead atoms. The number of nitrogens with zero attached hydrogens (tertiary/aromatic N) is 5. The number of aromatic nitrogens is 3. The Morgan fingerprint density at radius 3 is 2.77 bits per heavy atom. The van der Waals surface area contributed by atoms with E-state index < -0.39 is 0 Å². The molecule has 7 heteroatoms. The quantitative estimate of drug-likeness (QED) is 0.751. The zero-order valence-electron chi connectivity index (χ0n) is 18.2. The first-order chi connectivity index (χ1) is 14.6. The average molecular weight is 412 g/mol. The Kier molecular flexibility index (Phi) is 5.52. The third-order valence-corrected chi connectivity index (χ3v) is 7.19. The second kappa shape index (κ2) is 8.29. The highest BCUT2D eigenvalue weighted by molar-refractivity contribution is 5.22. The molecule has 0 amide bonds. The average Bonchev–Trinajstić information content (AvgIpc) is 3.15. The van der Waals surface area contributed by atoms with Crippen LogP contribution in [0.15, 0.2) is 29.3 Å². The Bertz CT molecular complexity index is 945. The van der Waals surface area contributed by atoms with Crippen LogP contribution >= 0.6 is 0 Å². The lowest BCUT2D eigenvalue weighted by molar-refractivity contribution is 0.00582. The van der Waals surface area contributed by atoms with E-state index in [-0.39, 0.29) is 5.56 Å². The molecular weight excluding hydrogens is 378 g/mol. The molecule has 2 aromatic rings. The lowest BCUT2D eigenvalue weighted by Gasteiger charge is -2.46. The van der Waals surface area contributed by atoms with E-state index in [4.69, 9.17) is 4.74 Å². The molecule has 3 aliphatic heterocycles. The van der Waals surface area contributed by atoms with Crippen molar-refractivity contribution in [1.82, 2.24) is 23.9 Å². The van der Waals surface area contributed by atoms with Crippen molar-refractivity contribution in [3.05, 3.63) is 52.0 Å². The van der Waals surface area contributed by atoms with E-state index in [2.05, 4.69) is 38.5 Å². The van der Waals surface area contributed by atoms with Crippen LogP contribution in [-0.4, -0.2) is 63.3 Å². The van der Waals surface area contributed by atoms with E-state index in [1.165, 1.54) is 12.1 Å². The Hall–Kier alpha value is -1.96. The molecular formula is C23H33N5O2. The number of piperidine rings is 1. The van der Waals surface area contributed by atoms with Gasteiger partial charge in [-0.25, -0.2) is 4.98 Å². The molecule has 2 fully saturated rings. The first-order valence-corrected chi connectivity index (χ1v) is 11.3. The van der Waals surface area contributed by atoms with Crippen LogP contribution in [0.4, 0.5) is 0 Å². The topological polar surface area (TPSA) is 55.5 Å². The van der Waals surface area contributed by atoms with Gasteiger partial charge in [-0.1, -0.05) is 6.07 Å². The lowest BCUT2D eigenvalue weighted by atomic mass is 9.82. The van der Waals surface area contributed by atoms with E-state index >= 15 is 0 Å². The van der Waals surface area contributed by atoms with Crippen LogP contribution in [0, 0.1) is 5.92 Å². The van der Waals surface area contributed by atoms with Crippen molar-refractivity contribution in [2.75, 3.05) is 33.4 Å².